The summed E-state index contributed by atoms with van der Waals surface area (Å²) < 4.78 is 37.2. The summed E-state index contributed by atoms with van der Waals surface area (Å²) in [6, 6.07) is 1.80. The lowest BCUT2D eigenvalue weighted by Crippen LogP contribution is -2.40. The van der Waals surface area contributed by atoms with Gasteiger partial charge < -0.3 is 10.4 Å². The molecule has 0 aliphatic heterocycles. The molecule has 9 heteroatoms. The normalized spacial score (nSPS) is 14.3. The Morgan fingerprint density at radius 2 is 2.00 bits per heavy atom. The molecule has 2 atom stereocenters. The summed E-state index contributed by atoms with van der Waals surface area (Å²) in [6.45, 7) is 2.85. The van der Waals surface area contributed by atoms with E-state index in [0.29, 0.717) is 0 Å². The number of pyridine rings is 1. The second-order valence-electron chi connectivity index (χ2n) is 4.29. The minimum Gasteiger partial charge on any atom is -0.481 e. The Balaban J connectivity index is 2.90. The van der Waals surface area contributed by atoms with Gasteiger partial charge in [0.15, 0.2) is 0 Å². The molecule has 1 amide bonds. The first-order chi connectivity index (χ1) is 9.61. The first-order valence-electron chi connectivity index (χ1n) is 5.86. The first kappa shape index (κ1) is 17.3. The molecule has 2 unspecified atom stereocenters. The summed E-state index contributed by atoms with van der Waals surface area (Å²) in [6.07, 6.45) is 1.15. The number of amides is 1. The van der Waals surface area contributed by atoms with Gasteiger partial charge in [-0.05, 0) is 26.0 Å². The van der Waals surface area contributed by atoms with E-state index >= 15 is 0 Å². The van der Waals surface area contributed by atoms with Crippen LogP contribution in [-0.4, -0.2) is 33.5 Å². The number of halogens is 3. The summed E-state index contributed by atoms with van der Waals surface area (Å²) >= 11 is -0.491. The average Bonchev–Trinajstić information content (AvgIpc) is 2.36. The summed E-state index contributed by atoms with van der Waals surface area (Å²) in [5.74, 6) is -2.78. The van der Waals surface area contributed by atoms with Gasteiger partial charge in [-0.15, -0.1) is 0 Å². The van der Waals surface area contributed by atoms with Crippen LogP contribution in [0.3, 0.4) is 0 Å². The predicted octanol–water partition coefficient (Wildman–Crippen LogP) is 2.53. The lowest BCUT2D eigenvalue weighted by Gasteiger charge is -2.18. The molecule has 0 saturated carbocycles. The Morgan fingerprint density at radius 1 is 1.38 bits per heavy atom. The van der Waals surface area contributed by atoms with E-state index < -0.39 is 46.1 Å². The average molecular weight is 322 g/mol. The summed E-state index contributed by atoms with van der Waals surface area (Å²) in [7, 11) is 0. The van der Waals surface area contributed by atoms with Gasteiger partial charge in [0.1, 0.15) is 5.03 Å². The van der Waals surface area contributed by atoms with E-state index in [2.05, 4.69) is 10.3 Å². The number of carboxylic acids is 1. The number of carboxylic acid groups (broad SMARTS) is 1. The minimum atomic E-state index is -4.57. The summed E-state index contributed by atoms with van der Waals surface area (Å²) in [4.78, 5) is 26.3. The highest BCUT2D eigenvalue weighted by Crippen LogP contribution is 2.37. The van der Waals surface area contributed by atoms with Crippen LogP contribution in [0.1, 0.15) is 24.2 Å². The van der Waals surface area contributed by atoms with Crippen molar-refractivity contribution in [3.8, 4) is 0 Å². The number of hydrogen-bond donors (Lipinski definition) is 2. The molecule has 1 aromatic rings. The topological polar surface area (TPSA) is 79.3 Å². The van der Waals surface area contributed by atoms with Crippen LogP contribution in [0.2, 0.25) is 0 Å². The standard InChI is InChI=1S/C12H13F3N2O3S/c1-6(11(19)20)7(2)17-9(18)8-4-3-5-16-10(8)21-12(13,14)15/h3-7H,1-2H3,(H,17,18)(H,19,20). The molecule has 5 nitrogen and oxygen atoms in total. The number of nitrogens with one attached hydrogen (secondary N) is 1. The van der Waals surface area contributed by atoms with Crippen LogP contribution in [0.15, 0.2) is 23.4 Å². The molecule has 1 aromatic heterocycles. The molecule has 0 aromatic carbocycles. The molecule has 2 N–H and O–H groups in total. The molecule has 0 aliphatic rings. The first-order valence-corrected chi connectivity index (χ1v) is 6.68. The van der Waals surface area contributed by atoms with E-state index in [1.165, 1.54) is 26.0 Å². The van der Waals surface area contributed by atoms with E-state index in [4.69, 9.17) is 5.11 Å². The van der Waals surface area contributed by atoms with E-state index in [0.717, 1.165) is 6.20 Å². The molecule has 0 aliphatic carbocycles. The molecule has 0 spiro atoms. The van der Waals surface area contributed by atoms with Crippen LogP contribution in [0.5, 0.6) is 0 Å². The maximum atomic E-state index is 12.4. The zero-order valence-electron chi connectivity index (χ0n) is 11.1. The largest absolute Gasteiger partial charge is 0.481 e. The summed E-state index contributed by atoms with van der Waals surface area (Å²) in [5, 5.41) is 10.7. The highest BCUT2D eigenvalue weighted by molar-refractivity contribution is 8.00. The number of carbonyl (C=O) groups is 2. The fourth-order valence-electron chi connectivity index (χ4n) is 1.38. The number of thioether (sulfide) groups is 1. The number of nitrogens with zero attached hydrogens (tertiary/aromatic N) is 1. The molecule has 116 valence electrons. The minimum absolute atomic E-state index is 0.246. The molecule has 0 bridgehead atoms. The number of aromatic nitrogens is 1. The van der Waals surface area contributed by atoms with E-state index in [-0.39, 0.29) is 5.56 Å². The maximum absolute atomic E-state index is 12.4. The van der Waals surface area contributed by atoms with Gasteiger partial charge in [-0.1, -0.05) is 0 Å². The van der Waals surface area contributed by atoms with Crippen LogP contribution in [0.25, 0.3) is 0 Å². The number of aliphatic carboxylic acids is 1. The Kier molecular flexibility index (Phi) is 5.59. The van der Waals surface area contributed by atoms with Crippen molar-refractivity contribution >= 4 is 23.6 Å². The highest BCUT2D eigenvalue weighted by atomic mass is 32.2. The van der Waals surface area contributed by atoms with Crippen molar-refractivity contribution < 1.29 is 27.9 Å². The number of hydrogen-bond acceptors (Lipinski definition) is 4. The van der Waals surface area contributed by atoms with Crippen molar-refractivity contribution in [1.29, 1.82) is 0 Å². The maximum Gasteiger partial charge on any atom is 0.447 e. The third-order valence-electron chi connectivity index (χ3n) is 2.73. The lowest BCUT2D eigenvalue weighted by molar-refractivity contribution is -0.141. The van der Waals surface area contributed by atoms with Gasteiger partial charge >= 0.3 is 11.5 Å². The van der Waals surface area contributed by atoms with Crippen molar-refractivity contribution in [2.45, 2.75) is 30.4 Å². The van der Waals surface area contributed by atoms with Gasteiger partial charge in [0.25, 0.3) is 5.91 Å². The fraction of sp³-hybridized carbons (Fsp3) is 0.417. The van der Waals surface area contributed by atoms with Crippen molar-refractivity contribution in [2.24, 2.45) is 5.92 Å². The van der Waals surface area contributed by atoms with Crippen LogP contribution in [0, 0.1) is 5.92 Å². The zero-order valence-corrected chi connectivity index (χ0v) is 12.0. The van der Waals surface area contributed by atoms with Crippen LogP contribution >= 0.6 is 11.8 Å². The number of rotatable bonds is 5. The Hall–Kier alpha value is -1.77. The van der Waals surface area contributed by atoms with Crippen LogP contribution < -0.4 is 5.32 Å². The second kappa shape index (κ2) is 6.79. The third kappa shape index (κ3) is 5.25. The predicted molar refractivity (Wildman–Crippen MR) is 69.9 cm³/mol. The van der Waals surface area contributed by atoms with E-state index in [9.17, 15) is 22.8 Å². The molecule has 0 saturated heterocycles. The van der Waals surface area contributed by atoms with Gasteiger partial charge in [0.05, 0.1) is 11.5 Å². The van der Waals surface area contributed by atoms with Crippen LogP contribution in [0.4, 0.5) is 13.2 Å². The molecular weight excluding hydrogens is 309 g/mol. The van der Waals surface area contributed by atoms with Crippen molar-refractivity contribution in [3.63, 3.8) is 0 Å². The smallest absolute Gasteiger partial charge is 0.447 e. The van der Waals surface area contributed by atoms with E-state index in [1.807, 2.05) is 0 Å². The van der Waals surface area contributed by atoms with Crippen molar-refractivity contribution in [3.05, 3.63) is 23.9 Å². The Labute approximate surface area is 122 Å². The van der Waals surface area contributed by atoms with Gasteiger partial charge in [-0.2, -0.15) is 13.2 Å². The molecule has 0 radical (unpaired) electrons. The highest BCUT2D eigenvalue weighted by Gasteiger charge is 2.32. The molecule has 1 rings (SSSR count). The third-order valence-corrected chi connectivity index (χ3v) is 3.48. The Morgan fingerprint density at radius 3 is 2.52 bits per heavy atom. The number of carbonyl (C=O) groups excluding carboxylic acids is 1. The SMILES string of the molecule is CC(NC(=O)c1cccnc1SC(F)(F)F)C(C)C(=O)O. The second-order valence-corrected chi connectivity index (χ2v) is 5.35. The molecule has 21 heavy (non-hydrogen) atoms. The monoisotopic (exact) mass is 322 g/mol. The van der Waals surface area contributed by atoms with Gasteiger partial charge in [-0.3, -0.25) is 9.59 Å². The van der Waals surface area contributed by atoms with Gasteiger partial charge in [0.2, 0.25) is 0 Å². The fourth-order valence-corrected chi connectivity index (χ4v) is 1.98. The van der Waals surface area contributed by atoms with Crippen molar-refractivity contribution in [2.75, 3.05) is 0 Å². The number of alkyl halides is 3. The Bertz CT molecular complexity index is 537. The lowest BCUT2D eigenvalue weighted by atomic mass is 10.0. The molecule has 0 fully saturated rings. The summed E-state index contributed by atoms with van der Waals surface area (Å²) in [5.41, 5.74) is -4.81. The molecular formula is C12H13F3N2O3S. The van der Waals surface area contributed by atoms with Gasteiger partial charge in [-0.25, -0.2) is 4.98 Å². The molecule has 1 heterocycles. The quantitative estimate of drug-likeness (QED) is 0.815. The van der Waals surface area contributed by atoms with Crippen LogP contribution in [-0.2, 0) is 4.79 Å². The van der Waals surface area contributed by atoms with Crippen molar-refractivity contribution in [1.82, 2.24) is 10.3 Å². The van der Waals surface area contributed by atoms with E-state index in [1.54, 1.807) is 0 Å². The zero-order chi connectivity index (χ0) is 16.2. The van der Waals surface area contributed by atoms with Gasteiger partial charge in [0, 0.05) is 24.0 Å².